The molecule has 0 saturated heterocycles. The van der Waals surface area contributed by atoms with E-state index in [-0.39, 0.29) is 11.4 Å². The third kappa shape index (κ3) is 4.37. The van der Waals surface area contributed by atoms with Crippen LogP contribution in [-0.2, 0) is 4.74 Å². The maximum Gasteiger partial charge on any atom is 0.338 e. The number of amides is 1. The molecule has 1 aromatic rings. The number of hydrogen-bond acceptors (Lipinski definition) is 4. The van der Waals surface area contributed by atoms with Gasteiger partial charge in [0.05, 0.1) is 12.7 Å². The van der Waals surface area contributed by atoms with Crippen LogP contribution >= 0.6 is 0 Å². The molecular formula is C14H20N2O3. The molecule has 0 aliphatic carbocycles. The lowest BCUT2D eigenvalue weighted by Gasteiger charge is -2.21. The number of ether oxygens (including phenoxy) is 1. The van der Waals surface area contributed by atoms with Crippen LogP contribution < -0.4 is 10.9 Å². The first-order chi connectivity index (χ1) is 8.74. The second-order valence-electron chi connectivity index (χ2n) is 5.35. The molecule has 1 aromatic carbocycles. The molecular weight excluding hydrogens is 244 g/mol. The van der Waals surface area contributed by atoms with Crippen LogP contribution in [0.15, 0.2) is 18.2 Å². The Labute approximate surface area is 113 Å². The summed E-state index contributed by atoms with van der Waals surface area (Å²) in [5, 5.41) is 0. The van der Waals surface area contributed by atoms with Crippen LogP contribution in [0.4, 0.5) is 0 Å². The van der Waals surface area contributed by atoms with Gasteiger partial charge in [0.1, 0.15) is 0 Å². The van der Waals surface area contributed by atoms with E-state index in [0.29, 0.717) is 11.1 Å². The second-order valence-corrected chi connectivity index (χ2v) is 5.35. The number of carbonyl (C=O) groups is 2. The highest BCUT2D eigenvalue weighted by molar-refractivity contribution is 5.98. The molecule has 2 N–H and O–H groups in total. The molecule has 1 amide bonds. The van der Waals surface area contributed by atoms with Crippen LogP contribution in [0.25, 0.3) is 0 Å². The molecule has 0 saturated carbocycles. The van der Waals surface area contributed by atoms with E-state index < -0.39 is 5.97 Å². The Kier molecular flexibility index (Phi) is 4.67. The van der Waals surface area contributed by atoms with Crippen molar-refractivity contribution in [1.29, 1.82) is 0 Å². The van der Waals surface area contributed by atoms with Crippen LogP contribution in [0.3, 0.4) is 0 Å². The molecule has 0 fully saturated rings. The van der Waals surface area contributed by atoms with Crippen molar-refractivity contribution >= 4 is 11.9 Å². The van der Waals surface area contributed by atoms with E-state index in [4.69, 9.17) is 0 Å². The summed E-state index contributed by atoms with van der Waals surface area (Å²) < 4.78 is 4.68. The highest BCUT2D eigenvalue weighted by Crippen LogP contribution is 2.12. The summed E-state index contributed by atoms with van der Waals surface area (Å²) in [5.41, 5.74) is 6.82. The van der Waals surface area contributed by atoms with E-state index in [9.17, 15) is 9.59 Å². The summed E-state index contributed by atoms with van der Waals surface area (Å²) in [7, 11) is 1.32. The maximum absolute atomic E-state index is 11.9. The van der Waals surface area contributed by atoms with Crippen molar-refractivity contribution in [3.63, 3.8) is 0 Å². The normalized spacial score (nSPS) is 11.0. The number of nitrogens with one attached hydrogen (secondary N) is 2. The van der Waals surface area contributed by atoms with E-state index >= 15 is 0 Å². The third-order valence-corrected chi connectivity index (χ3v) is 2.46. The van der Waals surface area contributed by atoms with Crippen LogP contribution in [0.1, 0.15) is 47.1 Å². The minimum absolute atomic E-state index is 0.231. The van der Waals surface area contributed by atoms with E-state index in [1.807, 2.05) is 20.8 Å². The predicted molar refractivity (Wildman–Crippen MR) is 72.9 cm³/mol. The van der Waals surface area contributed by atoms with Crippen molar-refractivity contribution in [3.8, 4) is 0 Å². The van der Waals surface area contributed by atoms with Gasteiger partial charge in [-0.3, -0.25) is 10.2 Å². The van der Waals surface area contributed by atoms with Gasteiger partial charge in [0.25, 0.3) is 5.91 Å². The smallest absolute Gasteiger partial charge is 0.338 e. The van der Waals surface area contributed by atoms with Gasteiger partial charge < -0.3 is 4.74 Å². The fourth-order valence-corrected chi connectivity index (χ4v) is 1.41. The molecule has 0 aliphatic heterocycles. The predicted octanol–water partition coefficient (Wildman–Crippen LogP) is 1.81. The molecule has 5 heteroatoms. The highest BCUT2D eigenvalue weighted by atomic mass is 16.5. The summed E-state index contributed by atoms with van der Waals surface area (Å²) in [4.78, 5) is 23.5. The highest BCUT2D eigenvalue weighted by Gasteiger charge is 2.15. The first-order valence-electron chi connectivity index (χ1n) is 6.01. The Morgan fingerprint density at radius 3 is 2.37 bits per heavy atom. The van der Waals surface area contributed by atoms with Crippen molar-refractivity contribution in [2.45, 2.75) is 33.2 Å². The van der Waals surface area contributed by atoms with Gasteiger partial charge >= 0.3 is 5.97 Å². The van der Waals surface area contributed by atoms with E-state index in [1.54, 1.807) is 19.1 Å². The standard InChI is InChI=1S/C14H20N2O3/c1-9-6-7-10(8-11(9)13(18)19-5)12(17)15-16-14(2,3)4/h6-8,16H,1-5H3,(H,15,17). The topological polar surface area (TPSA) is 67.4 Å². The maximum atomic E-state index is 11.9. The number of benzene rings is 1. The number of aryl methyl sites for hydroxylation is 1. The number of rotatable bonds is 3. The molecule has 0 aliphatic rings. The van der Waals surface area contributed by atoms with Gasteiger partial charge in [-0.25, -0.2) is 10.2 Å². The lowest BCUT2D eigenvalue weighted by molar-refractivity contribution is 0.0600. The molecule has 0 spiro atoms. The lowest BCUT2D eigenvalue weighted by Crippen LogP contribution is -2.48. The summed E-state index contributed by atoms with van der Waals surface area (Å²) in [5.74, 6) is -0.740. The fourth-order valence-electron chi connectivity index (χ4n) is 1.41. The van der Waals surface area contributed by atoms with Gasteiger partial charge in [0.2, 0.25) is 0 Å². The van der Waals surface area contributed by atoms with E-state index in [0.717, 1.165) is 5.56 Å². The summed E-state index contributed by atoms with van der Waals surface area (Å²) >= 11 is 0. The van der Waals surface area contributed by atoms with Crippen LogP contribution in [0.5, 0.6) is 0 Å². The Balaban J connectivity index is 2.90. The first kappa shape index (κ1) is 15.2. The van der Waals surface area contributed by atoms with E-state index in [2.05, 4.69) is 15.6 Å². The minimum Gasteiger partial charge on any atom is -0.465 e. The van der Waals surface area contributed by atoms with Gasteiger partial charge in [-0.05, 0) is 45.4 Å². The molecule has 19 heavy (non-hydrogen) atoms. The zero-order valence-electron chi connectivity index (χ0n) is 12.0. The van der Waals surface area contributed by atoms with Crippen LogP contribution in [0, 0.1) is 6.92 Å². The summed E-state index contributed by atoms with van der Waals surface area (Å²) in [6.07, 6.45) is 0. The van der Waals surface area contributed by atoms with Gasteiger partial charge in [0.15, 0.2) is 0 Å². The van der Waals surface area contributed by atoms with Gasteiger partial charge in [-0.15, -0.1) is 0 Å². The number of carbonyl (C=O) groups excluding carboxylic acids is 2. The Morgan fingerprint density at radius 2 is 1.84 bits per heavy atom. The molecule has 1 rings (SSSR count). The SMILES string of the molecule is COC(=O)c1cc(C(=O)NNC(C)(C)C)ccc1C. The molecule has 104 valence electrons. The van der Waals surface area contributed by atoms with Crippen LogP contribution in [-0.4, -0.2) is 24.5 Å². The minimum atomic E-state index is -0.448. The molecule has 0 aromatic heterocycles. The first-order valence-corrected chi connectivity index (χ1v) is 6.01. The third-order valence-electron chi connectivity index (χ3n) is 2.46. The molecule has 0 radical (unpaired) electrons. The average molecular weight is 264 g/mol. The monoisotopic (exact) mass is 264 g/mol. The quantitative estimate of drug-likeness (QED) is 0.645. The van der Waals surface area contributed by atoms with Crippen molar-refractivity contribution < 1.29 is 14.3 Å². The Hall–Kier alpha value is -1.88. The number of esters is 1. The van der Waals surface area contributed by atoms with Crippen molar-refractivity contribution in [1.82, 2.24) is 10.9 Å². The fraction of sp³-hybridized carbons (Fsp3) is 0.429. The molecule has 5 nitrogen and oxygen atoms in total. The van der Waals surface area contributed by atoms with Crippen molar-refractivity contribution in [2.75, 3.05) is 7.11 Å². The number of hydrazine groups is 1. The van der Waals surface area contributed by atoms with Crippen molar-refractivity contribution in [2.24, 2.45) is 0 Å². The molecule has 0 atom stereocenters. The van der Waals surface area contributed by atoms with E-state index in [1.165, 1.54) is 13.2 Å². The zero-order chi connectivity index (χ0) is 14.6. The summed E-state index contributed by atoms with van der Waals surface area (Å²) in [6.45, 7) is 7.59. The largest absolute Gasteiger partial charge is 0.465 e. The Bertz CT molecular complexity index is 490. The zero-order valence-corrected chi connectivity index (χ0v) is 12.0. The molecule has 0 unspecified atom stereocenters. The number of methoxy groups -OCH3 is 1. The average Bonchev–Trinajstić information content (AvgIpc) is 2.34. The number of hydrogen-bond donors (Lipinski definition) is 2. The van der Waals surface area contributed by atoms with Crippen LogP contribution in [0.2, 0.25) is 0 Å². The molecule has 0 heterocycles. The summed E-state index contributed by atoms with van der Waals surface area (Å²) in [6, 6.07) is 4.92. The molecule has 0 bridgehead atoms. The lowest BCUT2D eigenvalue weighted by atomic mass is 10.0. The second kappa shape index (κ2) is 5.84. The van der Waals surface area contributed by atoms with Gasteiger partial charge in [0, 0.05) is 11.1 Å². The van der Waals surface area contributed by atoms with Crippen molar-refractivity contribution in [3.05, 3.63) is 34.9 Å². The van der Waals surface area contributed by atoms with Gasteiger partial charge in [-0.1, -0.05) is 6.07 Å². The van der Waals surface area contributed by atoms with Gasteiger partial charge in [-0.2, -0.15) is 0 Å². The Morgan fingerprint density at radius 1 is 1.21 bits per heavy atom.